The van der Waals surface area contributed by atoms with E-state index in [1.54, 1.807) is 0 Å². The Balaban J connectivity index is 1.44. The molecule has 1 aliphatic heterocycles. The van der Waals surface area contributed by atoms with Gasteiger partial charge in [0.1, 0.15) is 18.2 Å². The summed E-state index contributed by atoms with van der Waals surface area (Å²) >= 11 is 0. The lowest BCUT2D eigenvalue weighted by atomic mass is 9.92. The number of nitrogens with two attached hydrogens (primary N) is 1. The Kier molecular flexibility index (Phi) is 6.48. The number of ether oxygens (including phenoxy) is 1. The topological polar surface area (TPSA) is 75.8 Å². The molecular formula is C29H31FN2O3. The molecule has 5 rings (SSSR count). The SMILES string of the molecule is NCc1cccc(-c2cc(COc3ccc(F)cc3CC(=O)O)cc(N3CCC4(CC3)CC4)c2)c1. The van der Waals surface area contributed by atoms with Crippen LogP contribution in [0.2, 0.25) is 0 Å². The van der Waals surface area contributed by atoms with E-state index in [1.807, 2.05) is 12.1 Å². The Morgan fingerprint density at radius 2 is 1.74 bits per heavy atom. The van der Waals surface area contributed by atoms with Crippen LogP contribution in [-0.4, -0.2) is 24.2 Å². The number of hydrogen-bond donors (Lipinski definition) is 2. The van der Waals surface area contributed by atoms with Crippen molar-refractivity contribution >= 4 is 11.7 Å². The lowest BCUT2D eigenvalue weighted by molar-refractivity contribution is -0.136. The monoisotopic (exact) mass is 474 g/mol. The van der Waals surface area contributed by atoms with Crippen LogP contribution in [0.3, 0.4) is 0 Å². The van der Waals surface area contributed by atoms with Crippen molar-refractivity contribution in [1.82, 2.24) is 0 Å². The summed E-state index contributed by atoms with van der Waals surface area (Å²) in [6.07, 6.45) is 4.91. The average Bonchev–Trinajstić information content (AvgIpc) is 3.62. The van der Waals surface area contributed by atoms with Gasteiger partial charge in [-0.05, 0) is 95.8 Å². The lowest BCUT2D eigenvalue weighted by Gasteiger charge is -2.34. The number of carboxylic acids is 1. The molecule has 0 bridgehead atoms. The maximum Gasteiger partial charge on any atom is 0.307 e. The maximum atomic E-state index is 13.7. The van der Waals surface area contributed by atoms with E-state index in [2.05, 4.69) is 35.2 Å². The van der Waals surface area contributed by atoms with Crippen LogP contribution < -0.4 is 15.4 Å². The first-order valence-corrected chi connectivity index (χ1v) is 12.2. The van der Waals surface area contributed by atoms with Crippen LogP contribution in [0.15, 0.2) is 60.7 Å². The molecule has 3 aromatic carbocycles. The van der Waals surface area contributed by atoms with Crippen LogP contribution in [0.1, 0.15) is 42.4 Å². The highest BCUT2D eigenvalue weighted by Crippen LogP contribution is 2.54. The fraction of sp³-hybridized carbons (Fsp3) is 0.345. The zero-order valence-electron chi connectivity index (χ0n) is 19.8. The van der Waals surface area contributed by atoms with Gasteiger partial charge in [-0.25, -0.2) is 4.39 Å². The summed E-state index contributed by atoms with van der Waals surface area (Å²) in [4.78, 5) is 13.7. The second-order valence-corrected chi connectivity index (χ2v) is 9.89. The van der Waals surface area contributed by atoms with Crippen molar-refractivity contribution < 1.29 is 19.0 Å². The number of hydrogen-bond acceptors (Lipinski definition) is 4. The van der Waals surface area contributed by atoms with Gasteiger partial charge in [-0.3, -0.25) is 4.79 Å². The normalized spacial score (nSPS) is 16.3. The molecule has 1 spiro atoms. The van der Waals surface area contributed by atoms with Crippen LogP contribution in [-0.2, 0) is 24.4 Å². The minimum Gasteiger partial charge on any atom is -0.489 e. The number of carboxylic acid groups (broad SMARTS) is 1. The van der Waals surface area contributed by atoms with Gasteiger partial charge in [0, 0.05) is 30.9 Å². The van der Waals surface area contributed by atoms with Gasteiger partial charge in [0.2, 0.25) is 0 Å². The number of benzene rings is 3. The van der Waals surface area contributed by atoms with Crippen molar-refractivity contribution in [3.8, 4) is 16.9 Å². The van der Waals surface area contributed by atoms with E-state index in [0.29, 0.717) is 23.3 Å². The molecule has 1 heterocycles. The minimum absolute atomic E-state index is 0.257. The first kappa shape index (κ1) is 23.4. The minimum atomic E-state index is -1.02. The smallest absolute Gasteiger partial charge is 0.307 e. The van der Waals surface area contributed by atoms with E-state index in [4.69, 9.17) is 10.5 Å². The number of halogens is 1. The molecule has 182 valence electrons. The Morgan fingerprint density at radius 3 is 2.46 bits per heavy atom. The van der Waals surface area contributed by atoms with E-state index in [1.165, 1.54) is 49.6 Å². The standard InChI is InChI=1S/C29H31FN2O3/c30-25-4-5-27(24(15-25)17-28(33)34)35-19-21-13-23(22-3-1-2-20(12-22)18-31)16-26(14-21)32-10-8-29(6-7-29)9-11-32/h1-5,12-16H,6-11,17-19,31H2,(H,33,34). The van der Waals surface area contributed by atoms with E-state index in [0.717, 1.165) is 35.3 Å². The first-order chi connectivity index (χ1) is 16.9. The molecule has 3 N–H and O–H groups in total. The van der Waals surface area contributed by atoms with Gasteiger partial charge < -0.3 is 20.5 Å². The molecule has 0 unspecified atom stereocenters. The summed E-state index contributed by atoms with van der Waals surface area (Å²) in [5, 5.41) is 9.20. The quantitative estimate of drug-likeness (QED) is 0.448. The Morgan fingerprint density at radius 1 is 0.971 bits per heavy atom. The average molecular weight is 475 g/mol. The number of aliphatic carboxylic acids is 1. The van der Waals surface area contributed by atoms with Crippen LogP contribution >= 0.6 is 0 Å². The van der Waals surface area contributed by atoms with Gasteiger partial charge in [-0.15, -0.1) is 0 Å². The Labute approximate surface area is 205 Å². The summed E-state index contributed by atoms with van der Waals surface area (Å²) in [7, 11) is 0. The molecule has 2 fully saturated rings. The molecule has 1 aliphatic carbocycles. The Hall–Kier alpha value is -3.38. The fourth-order valence-electron chi connectivity index (χ4n) is 5.05. The molecule has 0 radical (unpaired) electrons. The second-order valence-electron chi connectivity index (χ2n) is 9.89. The molecule has 5 nitrogen and oxygen atoms in total. The van der Waals surface area contributed by atoms with Crippen molar-refractivity contribution in [2.75, 3.05) is 18.0 Å². The van der Waals surface area contributed by atoms with Crippen molar-refractivity contribution in [2.24, 2.45) is 11.1 Å². The van der Waals surface area contributed by atoms with E-state index in [-0.39, 0.29) is 13.0 Å². The molecule has 1 saturated carbocycles. The molecule has 2 aliphatic rings. The summed E-state index contributed by atoms with van der Waals surface area (Å²) in [6, 6.07) is 18.8. The fourth-order valence-corrected chi connectivity index (χ4v) is 5.05. The molecule has 35 heavy (non-hydrogen) atoms. The highest BCUT2D eigenvalue weighted by Gasteiger charge is 2.44. The van der Waals surface area contributed by atoms with Gasteiger partial charge in [0.25, 0.3) is 0 Å². The maximum absolute atomic E-state index is 13.7. The zero-order chi connectivity index (χ0) is 24.4. The van der Waals surface area contributed by atoms with Gasteiger partial charge >= 0.3 is 5.97 Å². The summed E-state index contributed by atoms with van der Waals surface area (Å²) in [5.74, 6) is -1.11. The number of nitrogens with zero attached hydrogens (tertiary/aromatic N) is 1. The van der Waals surface area contributed by atoms with Crippen LogP contribution in [0.5, 0.6) is 5.75 Å². The number of carbonyl (C=O) groups is 1. The number of anilines is 1. The molecule has 0 aromatic heterocycles. The number of piperidine rings is 1. The Bertz CT molecular complexity index is 1230. The van der Waals surface area contributed by atoms with E-state index >= 15 is 0 Å². The van der Waals surface area contributed by atoms with Crippen LogP contribution in [0, 0.1) is 11.2 Å². The van der Waals surface area contributed by atoms with Gasteiger partial charge in [-0.1, -0.05) is 18.2 Å². The van der Waals surface area contributed by atoms with Crippen molar-refractivity contribution in [2.45, 2.75) is 45.3 Å². The molecule has 3 aromatic rings. The largest absolute Gasteiger partial charge is 0.489 e. The van der Waals surface area contributed by atoms with E-state index < -0.39 is 11.8 Å². The third kappa shape index (κ3) is 5.49. The van der Waals surface area contributed by atoms with Gasteiger partial charge in [-0.2, -0.15) is 0 Å². The number of rotatable bonds is 8. The molecular weight excluding hydrogens is 443 g/mol. The van der Waals surface area contributed by atoms with Gasteiger partial charge in [0.15, 0.2) is 0 Å². The van der Waals surface area contributed by atoms with Crippen LogP contribution in [0.25, 0.3) is 11.1 Å². The van der Waals surface area contributed by atoms with Gasteiger partial charge in [0.05, 0.1) is 6.42 Å². The molecule has 6 heteroatoms. The third-order valence-electron chi connectivity index (χ3n) is 7.38. The summed E-state index contributed by atoms with van der Waals surface area (Å²) < 4.78 is 19.7. The predicted molar refractivity (Wildman–Crippen MR) is 135 cm³/mol. The molecule has 1 saturated heterocycles. The van der Waals surface area contributed by atoms with Crippen molar-refractivity contribution in [3.63, 3.8) is 0 Å². The summed E-state index contributed by atoms with van der Waals surface area (Å²) in [6.45, 7) is 2.84. The first-order valence-electron chi connectivity index (χ1n) is 12.2. The molecule has 0 amide bonds. The zero-order valence-corrected chi connectivity index (χ0v) is 19.8. The molecule has 0 atom stereocenters. The third-order valence-corrected chi connectivity index (χ3v) is 7.38. The highest BCUT2D eigenvalue weighted by molar-refractivity contribution is 5.72. The van der Waals surface area contributed by atoms with Crippen molar-refractivity contribution in [3.05, 3.63) is 83.2 Å². The van der Waals surface area contributed by atoms with E-state index in [9.17, 15) is 14.3 Å². The second kappa shape index (κ2) is 9.70. The van der Waals surface area contributed by atoms with Crippen LogP contribution in [0.4, 0.5) is 10.1 Å². The predicted octanol–water partition coefficient (Wildman–Crippen LogP) is 5.54. The lowest BCUT2D eigenvalue weighted by Crippen LogP contribution is -2.34. The van der Waals surface area contributed by atoms with Crippen molar-refractivity contribution in [1.29, 1.82) is 0 Å². The highest BCUT2D eigenvalue weighted by atomic mass is 19.1. The summed E-state index contributed by atoms with van der Waals surface area (Å²) in [5.41, 5.74) is 12.2.